The standard InChI is InChI=1S/C34H47N3O5/c1-25(2)37(28-17-13-19-35(23-28)33(39)42-34(3,4)5)32(38)29-22-27-16-12-18-30(41-24-26-14-8-7-9-15-26)31(27)36(29)20-10-11-21-40-6/h7-9,12,14-16,18,22,25,28H,10-11,13,17,19-21,23-24H2,1-6H3/t28-/m1/s1. The predicted molar refractivity (Wildman–Crippen MR) is 166 cm³/mol. The van der Waals surface area contributed by atoms with Crippen LogP contribution in [-0.2, 0) is 22.6 Å². The molecule has 8 heteroatoms. The van der Waals surface area contributed by atoms with Crippen molar-refractivity contribution in [1.29, 1.82) is 0 Å². The average molecular weight is 578 g/mol. The van der Waals surface area contributed by atoms with Crippen LogP contribution >= 0.6 is 0 Å². The van der Waals surface area contributed by atoms with Crippen molar-refractivity contribution in [3.05, 3.63) is 65.9 Å². The molecule has 1 saturated heterocycles. The van der Waals surface area contributed by atoms with Gasteiger partial charge in [0, 0.05) is 44.8 Å². The summed E-state index contributed by atoms with van der Waals surface area (Å²) >= 11 is 0. The summed E-state index contributed by atoms with van der Waals surface area (Å²) in [5.41, 5.74) is 2.08. The highest BCUT2D eigenvalue weighted by molar-refractivity contribution is 6.00. The zero-order chi connectivity index (χ0) is 30.3. The van der Waals surface area contributed by atoms with Crippen molar-refractivity contribution in [2.24, 2.45) is 0 Å². The van der Waals surface area contributed by atoms with Crippen LogP contribution in [0.1, 0.15) is 76.4 Å². The number of piperidine rings is 1. The van der Waals surface area contributed by atoms with Gasteiger partial charge in [0.05, 0.1) is 11.6 Å². The van der Waals surface area contributed by atoms with E-state index in [1.54, 1.807) is 12.0 Å². The van der Waals surface area contributed by atoms with Crippen LogP contribution in [0.5, 0.6) is 5.75 Å². The molecule has 0 aliphatic carbocycles. The van der Waals surface area contributed by atoms with Gasteiger partial charge in [-0.25, -0.2) is 4.79 Å². The van der Waals surface area contributed by atoms with Gasteiger partial charge < -0.3 is 28.6 Å². The first-order valence-corrected chi connectivity index (χ1v) is 15.2. The van der Waals surface area contributed by atoms with Gasteiger partial charge in [0.2, 0.25) is 0 Å². The number of para-hydroxylation sites is 1. The minimum atomic E-state index is -0.568. The van der Waals surface area contributed by atoms with Crippen LogP contribution < -0.4 is 4.74 Å². The minimum absolute atomic E-state index is 0.0296. The van der Waals surface area contributed by atoms with Crippen molar-refractivity contribution in [1.82, 2.24) is 14.4 Å². The van der Waals surface area contributed by atoms with Gasteiger partial charge in [-0.1, -0.05) is 42.5 Å². The summed E-state index contributed by atoms with van der Waals surface area (Å²) < 4.78 is 19.4. The van der Waals surface area contributed by atoms with Crippen molar-refractivity contribution in [2.75, 3.05) is 26.8 Å². The third-order valence-corrected chi connectivity index (χ3v) is 7.55. The Bertz CT molecular complexity index is 1330. The van der Waals surface area contributed by atoms with Crippen LogP contribution in [0.4, 0.5) is 4.79 Å². The fourth-order valence-electron chi connectivity index (χ4n) is 5.70. The largest absolute Gasteiger partial charge is 0.487 e. The number of hydrogen-bond donors (Lipinski definition) is 0. The number of methoxy groups -OCH3 is 1. The van der Waals surface area contributed by atoms with Crippen LogP contribution in [0.3, 0.4) is 0 Å². The lowest BCUT2D eigenvalue weighted by Gasteiger charge is -2.41. The smallest absolute Gasteiger partial charge is 0.410 e. The quantitative estimate of drug-likeness (QED) is 0.232. The van der Waals surface area contributed by atoms with Gasteiger partial charge in [0.1, 0.15) is 23.7 Å². The van der Waals surface area contributed by atoms with Crippen LogP contribution in [-0.4, -0.2) is 70.9 Å². The molecule has 0 bridgehead atoms. The lowest BCUT2D eigenvalue weighted by molar-refractivity contribution is 0.00733. The highest BCUT2D eigenvalue weighted by atomic mass is 16.6. The summed E-state index contributed by atoms with van der Waals surface area (Å²) in [5, 5.41) is 0.971. The summed E-state index contributed by atoms with van der Waals surface area (Å²) in [4.78, 5) is 31.1. The van der Waals surface area contributed by atoms with E-state index >= 15 is 0 Å². The number of rotatable bonds is 11. The van der Waals surface area contributed by atoms with Crippen LogP contribution in [0.15, 0.2) is 54.6 Å². The van der Waals surface area contributed by atoms with E-state index in [9.17, 15) is 9.59 Å². The summed E-state index contributed by atoms with van der Waals surface area (Å²) in [6, 6.07) is 17.9. The van der Waals surface area contributed by atoms with E-state index in [1.807, 2.05) is 94.1 Å². The average Bonchev–Trinajstić information content (AvgIpc) is 3.33. The number of likely N-dealkylation sites (tertiary alicyclic amines) is 1. The van der Waals surface area contributed by atoms with E-state index in [-0.39, 0.29) is 24.1 Å². The number of amides is 2. The summed E-state index contributed by atoms with van der Waals surface area (Å²) in [7, 11) is 1.71. The number of nitrogens with zero attached hydrogens (tertiary/aromatic N) is 3. The van der Waals surface area contributed by atoms with E-state index in [2.05, 4.69) is 4.57 Å². The third-order valence-electron chi connectivity index (χ3n) is 7.55. The lowest BCUT2D eigenvalue weighted by atomic mass is 10.0. The second kappa shape index (κ2) is 14.1. The zero-order valence-electron chi connectivity index (χ0n) is 26.1. The molecule has 1 aliphatic heterocycles. The molecular formula is C34H47N3O5. The summed E-state index contributed by atoms with van der Waals surface area (Å²) in [6.45, 7) is 12.6. The molecule has 2 heterocycles. The fourth-order valence-corrected chi connectivity index (χ4v) is 5.70. The second-order valence-corrected chi connectivity index (χ2v) is 12.4. The van der Waals surface area contributed by atoms with Crippen LogP contribution in [0.25, 0.3) is 10.9 Å². The number of carbonyl (C=O) groups is 2. The minimum Gasteiger partial charge on any atom is -0.487 e. The Labute approximate surface area is 250 Å². The summed E-state index contributed by atoms with van der Waals surface area (Å²) in [6.07, 6.45) is 3.08. The molecule has 228 valence electrons. The molecule has 1 atom stereocenters. The molecule has 4 rings (SSSR count). The molecule has 1 aliphatic rings. The van der Waals surface area contributed by atoms with E-state index in [1.165, 1.54) is 0 Å². The van der Waals surface area contributed by atoms with Gasteiger partial charge in [-0.05, 0) is 78.0 Å². The Morgan fingerprint density at radius 1 is 1.05 bits per heavy atom. The first-order chi connectivity index (χ1) is 20.1. The maximum atomic E-state index is 14.5. The molecule has 0 unspecified atom stereocenters. The number of hydrogen-bond acceptors (Lipinski definition) is 5. The first kappa shape index (κ1) is 31.4. The molecular weight excluding hydrogens is 530 g/mol. The highest BCUT2D eigenvalue weighted by Gasteiger charge is 2.35. The predicted octanol–water partition coefficient (Wildman–Crippen LogP) is 6.90. The molecule has 0 spiro atoms. The summed E-state index contributed by atoms with van der Waals surface area (Å²) in [5.74, 6) is 0.727. The van der Waals surface area contributed by atoms with Gasteiger partial charge in [0.15, 0.2) is 0 Å². The van der Waals surface area contributed by atoms with Gasteiger partial charge >= 0.3 is 6.09 Å². The first-order valence-electron chi connectivity index (χ1n) is 15.2. The number of benzene rings is 2. The number of aryl methyl sites for hydroxylation is 1. The molecule has 1 aromatic heterocycles. The van der Waals surface area contributed by atoms with Crippen LogP contribution in [0.2, 0.25) is 0 Å². The van der Waals surface area contributed by atoms with Gasteiger partial charge in [0.25, 0.3) is 5.91 Å². The van der Waals surface area contributed by atoms with E-state index in [0.29, 0.717) is 38.5 Å². The molecule has 0 saturated carbocycles. The lowest BCUT2D eigenvalue weighted by Crippen LogP contribution is -2.54. The van der Waals surface area contributed by atoms with Gasteiger partial charge in [-0.2, -0.15) is 0 Å². The Hall–Kier alpha value is -3.52. The molecule has 0 N–H and O–H groups in total. The van der Waals surface area contributed by atoms with E-state index < -0.39 is 5.60 Å². The molecule has 8 nitrogen and oxygen atoms in total. The fraction of sp³-hybridized carbons (Fsp3) is 0.529. The molecule has 1 fully saturated rings. The topological polar surface area (TPSA) is 73.2 Å². The Morgan fingerprint density at radius 2 is 1.81 bits per heavy atom. The molecule has 42 heavy (non-hydrogen) atoms. The molecule has 2 aromatic carbocycles. The Balaban J connectivity index is 1.66. The van der Waals surface area contributed by atoms with Crippen LogP contribution in [0, 0.1) is 0 Å². The monoisotopic (exact) mass is 577 g/mol. The molecule has 2 amide bonds. The number of carbonyl (C=O) groups excluding carboxylic acids is 2. The number of unbranched alkanes of at least 4 members (excludes halogenated alkanes) is 1. The maximum absolute atomic E-state index is 14.5. The van der Waals surface area contributed by atoms with E-state index in [4.69, 9.17) is 14.2 Å². The Kier molecular flexibility index (Phi) is 10.5. The van der Waals surface area contributed by atoms with Gasteiger partial charge in [-0.15, -0.1) is 0 Å². The Morgan fingerprint density at radius 3 is 2.50 bits per heavy atom. The van der Waals surface area contributed by atoms with Crippen molar-refractivity contribution >= 4 is 22.9 Å². The van der Waals surface area contributed by atoms with Crippen molar-refractivity contribution in [3.63, 3.8) is 0 Å². The number of ether oxygens (including phenoxy) is 3. The third kappa shape index (κ3) is 7.85. The SMILES string of the molecule is COCCCCn1c(C(=O)N(C(C)C)[C@@H]2CCCN(C(=O)OC(C)(C)C)C2)cc2cccc(OCc3ccccc3)c21. The van der Waals surface area contributed by atoms with Gasteiger partial charge in [-0.3, -0.25) is 4.79 Å². The highest BCUT2D eigenvalue weighted by Crippen LogP contribution is 2.32. The molecule has 0 radical (unpaired) electrons. The number of fused-ring (bicyclic) bond motifs is 1. The zero-order valence-corrected chi connectivity index (χ0v) is 26.1. The second-order valence-electron chi connectivity index (χ2n) is 12.4. The van der Waals surface area contributed by atoms with E-state index in [0.717, 1.165) is 47.9 Å². The number of aromatic nitrogens is 1. The normalized spacial score (nSPS) is 15.7. The van der Waals surface area contributed by atoms with Crippen molar-refractivity contribution in [2.45, 2.75) is 91.1 Å². The van der Waals surface area contributed by atoms with Crippen molar-refractivity contribution in [3.8, 4) is 5.75 Å². The maximum Gasteiger partial charge on any atom is 0.410 e. The van der Waals surface area contributed by atoms with Crippen molar-refractivity contribution < 1.29 is 23.8 Å². The molecule has 3 aromatic rings.